The van der Waals surface area contributed by atoms with Crippen LogP contribution in [0, 0.1) is 0 Å². The molecular formula is C53H126O19Si11. The van der Waals surface area contributed by atoms with Crippen LogP contribution in [0.4, 0.5) is 0 Å². The lowest BCUT2D eigenvalue weighted by Crippen LogP contribution is -2.67. The Hall–Kier alpha value is 1.63. The highest BCUT2D eigenvalue weighted by atomic mass is 28.5. The third kappa shape index (κ3) is 32.2. The first kappa shape index (κ1) is 80.7. The van der Waals surface area contributed by atoms with Crippen molar-refractivity contribution in [3.8, 4) is 0 Å². The van der Waals surface area contributed by atoms with Crippen molar-refractivity contribution in [3.63, 3.8) is 0 Å². The van der Waals surface area contributed by atoms with E-state index in [-0.39, 0.29) is 0 Å². The predicted octanol–water partition coefficient (Wildman–Crippen LogP) is 14.5. The van der Waals surface area contributed by atoms with E-state index >= 15 is 0 Å². The molecule has 0 aromatic rings. The molecule has 2 aliphatic heterocycles. The fraction of sp³-hybridized carbons (Fsp3) is 1.00. The Balaban J connectivity index is 2.17. The van der Waals surface area contributed by atoms with Crippen molar-refractivity contribution >= 4 is 94.9 Å². The summed E-state index contributed by atoms with van der Waals surface area (Å²) in [6.45, 7) is 26.7. The second-order valence-corrected chi connectivity index (χ2v) is 63.3. The number of hydrogen-bond donors (Lipinski definition) is 0. The van der Waals surface area contributed by atoms with Gasteiger partial charge in [0, 0.05) is 109 Å². The Morgan fingerprint density at radius 1 is 0.217 bits per heavy atom. The lowest BCUT2D eigenvalue weighted by atomic mass is 10.1. The number of ether oxygens (including phenoxy) is 2. The molecule has 2 heterocycles. The second kappa shape index (κ2) is 39.9. The zero-order valence-electron chi connectivity index (χ0n) is 56.6. The Labute approximate surface area is 519 Å². The monoisotopic (exact) mass is 1370 g/mol. The number of rotatable bonds is 48. The van der Waals surface area contributed by atoms with Crippen LogP contribution in [0.15, 0.2) is 0 Å². The van der Waals surface area contributed by atoms with Crippen LogP contribution in [0.1, 0.15) is 135 Å². The molecule has 0 saturated carbocycles. The van der Waals surface area contributed by atoms with E-state index in [0.29, 0.717) is 26.4 Å². The van der Waals surface area contributed by atoms with E-state index in [1.54, 1.807) is 64.0 Å². The topological polar surface area (TPSA) is 175 Å². The molecular weight excluding hydrogens is 1250 g/mol. The molecule has 0 aliphatic carbocycles. The van der Waals surface area contributed by atoms with Crippen LogP contribution in [0.5, 0.6) is 0 Å². The van der Waals surface area contributed by atoms with Crippen molar-refractivity contribution in [1.82, 2.24) is 0 Å². The molecule has 0 bridgehead atoms. The van der Waals surface area contributed by atoms with E-state index in [4.69, 9.17) is 82.2 Å². The van der Waals surface area contributed by atoms with Crippen LogP contribution in [-0.4, -0.2) is 185 Å². The largest absolute Gasteiger partial charge is 0.500 e. The van der Waals surface area contributed by atoms with E-state index in [0.717, 1.165) is 177 Å². The van der Waals surface area contributed by atoms with Crippen LogP contribution in [0.2, 0.25) is 120 Å². The molecule has 496 valence electrons. The normalized spacial score (nSPS) is 25.0. The van der Waals surface area contributed by atoms with Crippen LogP contribution in [0.25, 0.3) is 0 Å². The Morgan fingerprint density at radius 2 is 0.410 bits per heavy atom. The summed E-state index contributed by atoms with van der Waals surface area (Å²) in [5.41, 5.74) is 0. The molecule has 2 unspecified atom stereocenters. The van der Waals surface area contributed by atoms with Crippen molar-refractivity contribution in [2.45, 2.75) is 255 Å². The molecule has 0 spiro atoms. The SMILES string of the molecule is CO[Si](CCCCCCCC[Si]1(C)O[Si](C)(CCCCCCCC[Si](OC)(OC)OC)O[Si](C)(CCCOCCCOCCC[Si]2(C)O[Si](C)(C)O[Si](C)(C)O[Si](C)(C)O2)O[Si](C)(CCCCCCCC[Si](OC)(OC)OC)O1)(OC)OC. The molecule has 0 aromatic heterocycles. The third-order valence-electron chi connectivity index (χ3n) is 15.9. The quantitative estimate of drug-likeness (QED) is 0.0415. The minimum atomic E-state index is -2.83. The molecule has 83 heavy (non-hydrogen) atoms. The van der Waals surface area contributed by atoms with Crippen LogP contribution >= 0.6 is 0 Å². The van der Waals surface area contributed by atoms with Gasteiger partial charge in [-0.1, -0.05) is 96.3 Å². The Morgan fingerprint density at radius 3 is 0.663 bits per heavy atom. The summed E-state index contributed by atoms with van der Waals surface area (Å²) in [6.07, 6.45) is 22.6. The maximum absolute atomic E-state index is 7.66. The van der Waals surface area contributed by atoms with E-state index in [2.05, 4.69) is 72.0 Å². The molecule has 2 rings (SSSR count). The average Bonchev–Trinajstić information content (AvgIpc) is 2.86. The summed E-state index contributed by atoms with van der Waals surface area (Å²) in [7, 11) is -13.2. The van der Waals surface area contributed by atoms with Gasteiger partial charge in [0.25, 0.3) is 0 Å². The van der Waals surface area contributed by atoms with Gasteiger partial charge < -0.3 is 82.2 Å². The van der Waals surface area contributed by atoms with Crippen molar-refractivity contribution in [3.05, 3.63) is 0 Å². The molecule has 0 radical (unpaired) electrons. The van der Waals surface area contributed by atoms with Crippen molar-refractivity contribution in [2.75, 3.05) is 90.4 Å². The zero-order chi connectivity index (χ0) is 62.3. The van der Waals surface area contributed by atoms with Gasteiger partial charge in [-0.3, -0.25) is 0 Å². The molecule has 0 amide bonds. The first-order chi connectivity index (χ1) is 39.0. The molecule has 2 saturated heterocycles. The standard InChI is InChI=1S/C53H126O19Si11/c1-54-81(55-2,56-3)51-36-30-24-21-27-33-46-77(17)69-78(18,47-34-28-22-25-31-37-52-82(57-4,58-5)59-6)71-80(20,72-79(19,70-77)48-35-29-23-26-32-38-53-83(60-7,61-8)62-9)50-41-45-64-43-39-42-63-44-40-49-76(16)67-74(12,13)65-73(10,11)66-75(14,15)68-76/h21-53H2,1-20H3. The average molecular weight is 1380 g/mol. The van der Waals surface area contributed by atoms with Crippen molar-refractivity contribution in [1.29, 1.82) is 0 Å². The van der Waals surface area contributed by atoms with E-state index in [1.807, 2.05) is 0 Å². The van der Waals surface area contributed by atoms with Gasteiger partial charge in [-0.15, -0.1) is 0 Å². The molecule has 2 fully saturated rings. The van der Waals surface area contributed by atoms with Gasteiger partial charge in [0.15, 0.2) is 0 Å². The summed E-state index contributed by atoms with van der Waals surface area (Å²) in [5, 5.41) is 0. The highest BCUT2D eigenvalue weighted by Gasteiger charge is 2.57. The Kier molecular flexibility index (Phi) is 38.8. The maximum atomic E-state index is 7.66. The van der Waals surface area contributed by atoms with Gasteiger partial charge in [-0.05, 0) is 141 Å². The zero-order valence-corrected chi connectivity index (χ0v) is 67.6. The molecule has 30 heteroatoms. The lowest BCUT2D eigenvalue weighted by molar-refractivity contribution is 0.0818. The minimum absolute atomic E-state index is 0.640. The highest BCUT2D eigenvalue weighted by Crippen LogP contribution is 2.40. The minimum Gasteiger partial charge on any atom is -0.416 e. The Bertz CT molecular complexity index is 1590. The smallest absolute Gasteiger partial charge is 0.416 e. The fourth-order valence-electron chi connectivity index (χ4n) is 12.3. The highest BCUT2D eigenvalue weighted by molar-refractivity contribution is 6.94. The van der Waals surface area contributed by atoms with Gasteiger partial charge in [-0.2, -0.15) is 0 Å². The summed E-state index contributed by atoms with van der Waals surface area (Å²) in [5.74, 6) is 0. The van der Waals surface area contributed by atoms with E-state index < -0.39 is 94.9 Å². The maximum Gasteiger partial charge on any atom is 0.500 e. The number of hydrogen-bond acceptors (Lipinski definition) is 19. The molecule has 19 nitrogen and oxygen atoms in total. The van der Waals surface area contributed by atoms with Gasteiger partial charge in [0.1, 0.15) is 0 Å². The summed E-state index contributed by atoms with van der Waals surface area (Å²) in [4.78, 5) is 0. The summed E-state index contributed by atoms with van der Waals surface area (Å²) < 4.78 is 121. The first-order valence-corrected chi connectivity index (χ1v) is 58.6. The van der Waals surface area contributed by atoms with Crippen LogP contribution in [-0.2, 0) is 82.2 Å². The molecule has 0 N–H and O–H groups in total. The molecule has 0 aromatic carbocycles. The van der Waals surface area contributed by atoms with Gasteiger partial charge in [0.2, 0.25) is 0 Å². The van der Waals surface area contributed by atoms with Gasteiger partial charge in [0.05, 0.1) is 0 Å². The first-order valence-electron chi connectivity index (χ1n) is 31.8. The van der Waals surface area contributed by atoms with Crippen molar-refractivity contribution in [2.24, 2.45) is 0 Å². The van der Waals surface area contributed by atoms with Gasteiger partial charge >= 0.3 is 94.9 Å². The molecule has 2 atom stereocenters. The predicted molar refractivity (Wildman–Crippen MR) is 357 cm³/mol. The lowest BCUT2D eigenvalue weighted by Gasteiger charge is -2.50. The third-order valence-corrected chi connectivity index (χ3v) is 59.8. The summed E-state index contributed by atoms with van der Waals surface area (Å²) in [6, 6.07) is 6.96. The van der Waals surface area contributed by atoms with E-state index in [1.165, 1.54) is 6.42 Å². The van der Waals surface area contributed by atoms with Crippen LogP contribution < -0.4 is 0 Å². The second-order valence-electron chi connectivity index (χ2n) is 25.2. The fourth-order valence-corrected chi connectivity index (χ4v) is 62.8. The van der Waals surface area contributed by atoms with Crippen molar-refractivity contribution < 1.29 is 82.2 Å². The van der Waals surface area contributed by atoms with E-state index in [9.17, 15) is 0 Å². The summed E-state index contributed by atoms with van der Waals surface area (Å²) >= 11 is 0. The number of unbranched alkanes of at least 4 members (excludes halogenated alkanes) is 15. The molecule has 2 aliphatic rings. The van der Waals surface area contributed by atoms with Gasteiger partial charge in [-0.25, -0.2) is 0 Å². The van der Waals surface area contributed by atoms with Crippen LogP contribution in [0.3, 0.4) is 0 Å².